The number of likely N-dealkylation sites (N-methyl/N-ethyl adjacent to an activating group) is 1. The van der Waals surface area contributed by atoms with Crippen LogP contribution < -0.4 is 0 Å². The summed E-state index contributed by atoms with van der Waals surface area (Å²) >= 11 is 0. The van der Waals surface area contributed by atoms with Gasteiger partial charge >= 0.3 is 0 Å². The molecule has 3 heterocycles. The fourth-order valence-electron chi connectivity index (χ4n) is 5.48. The quantitative estimate of drug-likeness (QED) is 0.570. The van der Waals surface area contributed by atoms with Crippen LogP contribution in [0.15, 0.2) is 35.5 Å². The lowest BCUT2D eigenvalue weighted by atomic mass is 9.86. The molecule has 1 saturated heterocycles. The summed E-state index contributed by atoms with van der Waals surface area (Å²) < 4.78 is 0. The molecular formula is C28H41N3. The Labute approximate surface area is 189 Å². The van der Waals surface area contributed by atoms with E-state index in [2.05, 4.69) is 87.6 Å². The van der Waals surface area contributed by atoms with E-state index in [1.807, 2.05) is 0 Å². The fourth-order valence-corrected chi connectivity index (χ4v) is 5.48. The van der Waals surface area contributed by atoms with Crippen molar-refractivity contribution in [3.63, 3.8) is 0 Å². The van der Waals surface area contributed by atoms with Gasteiger partial charge < -0.3 is 14.8 Å². The van der Waals surface area contributed by atoms with Gasteiger partial charge in [-0.2, -0.15) is 0 Å². The van der Waals surface area contributed by atoms with Crippen LogP contribution in [0.5, 0.6) is 0 Å². The van der Waals surface area contributed by atoms with Crippen LogP contribution in [-0.4, -0.2) is 47.0 Å². The number of benzene rings is 1. The van der Waals surface area contributed by atoms with Crippen LogP contribution in [0, 0.1) is 0 Å². The maximum absolute atomic E-state index is 3.83. The lowest BCUT2D eigenvalue weighted by Gasteiger charge is -2.34. The molecule has 0 atom stereocenters. The van der Waals surface area contributed by atoms with Gasteiger partial charge in [0, 0.05) is 41.8 Å². The summed E-state index contributed by atoms with van der Waals surface area (Å²) in [6.07, 6.45) is 4.92. The normalized spacial score (nSPS) is 19.3. The number of fused-ring (bicyclic) bond motifs is 1. The van der Waals surface area contributed by atoms with E-state index in [4.69, 9.17) is 0 Å². The standard InChI is InChI=1S/C28H41N3/c1-8-30-16-20(6)21(7)25(17-30)28-27(18(2)3)24-15-23(9-10-26(24)29-28)22-11-13-31(14-12-22)19(4)5/h9-10,15,17-19,22,29H,8,11-14,16H2,1-7H3. The lowest BCUT2D eigenvalue weighted by Crippen LogP contribution is -2.37. The molecule has 2 aliphatic rings. The van der Waals surface area contributed by atoms with Crippen LogP contribution in [0.4, 0.5) is 0 Å². The maximum Gasteiger partial charge on any atom is 0.0517 e. The predicted octanol–water partition coefficient (Wildman–Crippen LogP) is 6.89. The topological polar surface area (TPSA) is 22.3 Å². The van der Waals surface area contributed by atoms with Crippen molar-refractivity contribution < 1.29 is 0 Å². The van der Waals surface area contributed by atoms with Gasteiger partial charge in [-0.1, -0.05) is 25.5 Å². The number of allylic oxidation sites excluding steroid dienone is 2. The van der Waals surface area contributed by atoms with Crippen LogP contribution in [0.2, 0.25) is 0 Å². The zero-order valence-corrected chi connectivity index (χ0v) is 20.7. The number of hydrogen-bond acceptors (Lipinski definition) is 2. The molecule has 0 amide bonds. The second-order valence-electron chi connectivity index (χ2n) is 10.3. The molecule has 3 heteroatoms. The molecule has 2 aromatic rings. The number of aromatic nitrogens is 1. The molecule has 0 unspecified atom stereocenters. The highest BCUT2D eigenvalue weighted by molar-refractivity contribution is 5.93. The highest BCUT2D eigenvalue weighted by atomic mass is 15.1. The van der Waals surface area contributed by atoms with Gasteiger partial charge in [0.15, 0.2) is 0 Å². The predicted molar refractivity (Wildman–Crippen MR) is 135 cm³/mol. The van der Waals surface area contributed by atoms with Crippen molar-refractivity contribution in [1.82, 2.24) is 14.8 Å². The van der Waals surface area contributed by atoms with Gasteiger partial charge in [0.2, 0.25) is 0 Å². The van der Waals surface area contributed by atoms with E-state index in [0.717, 1.165) is 13.1 Å². The Morgan fingerprint density at radius 2 is 1.77 bits per heavy atom. The molecule has 0 spiro atoms. The minimum Gasteiger partial charge on any atom is -0.373 e. The van der Waals surface area contributed by atoms with E-state index in [1.165, 1.54) is 70.4 Å². The Bertz CT molecular complexity index is 997. The van der Waals surface area contributed by atoms with Gasteiger partial charge in [0.1, 0.15) is 0 Å². The number of piperidine rings is 1. The third-order valence-electron chi connectivity index (χ3n) is 7.64. The minimum atomic E-state index is 0.479. The Morgan fingerprint density at radius 3 is 2.39 bits per heavy atom. The number of nitrogens with zero attached hydrogens (tertiary/aromatic N) is 2. The van der Waals surface area contributed by atoms with Gasteiger partial charge in [-0.15, -0.1) is 0 Å². The molecular weight excluding hydrogens is 378 g/mol. The summed E-state index contributed by atoms with van der Waals surface area (Å²) in [4.78, 5) is 8.88. The van der Waals surface area contributed by atoms with Crippen molar-refractivity contribution in [3.8, 4) is 0 Å². The molecule has 1 N–H and O–H groups in total. The number of rotatable bonds is 5. The number of likely N-dealkylation sites (tertiary alicyclic amines) is 1. The Morgan fingerprint density at radius 1 is 1.06 bits per heavy atom. The molecule has 1 aromatic carbocycles. The Hall–Kier alpha value is -2.00. The molecule has 0 radical (unpaired) electrons. The molecule has 0 saturated carbocycles. The van der Waals surface area contributed by atoms with E-state index >= 15 is 0 Å². The number of nitrogens with one attached hydrogen (secondary N) is 1. The minimum absolute atomic E-state index is 0.479. The molecule has 3 nitrogen and oxygen atoms in total. The average molecular weight is 420 g/mol. The van der Waals surface area contributed by atoms with E-state index < -0.39 is 0 Å². The Kier molecular flexibility index (Phi) is 6.35. The average Bonchev–Trinajstić information content (AvgIpc) is 3.14. The summed E-state index contributed by atoms with van der Waals surface area (Å²) in [7, 11) is 0. The second kappa shape index (κ2) is 8.86. The zero-order chi connectivity index (χ0) is 22.3. The summed E-state index contributed by atoms with van der Waals surface area (Å²) in [6, 6.07) is 7.88. The third-order valence-corrected chi connectivity index (χ3v) is 7.64. The number of aromatic amines is 1. The number of hydrogen-bond donors (Lipinski definition) is 1. The Balaban J connectivity index is 1.74. The van der Waals surface area contributed by atoms with Crippen LogP contribution in [-0.2, 0) is 0 Å². The van der Waals surface area contributed by atoms with Gasteiger partial charge in [-0.05, 0) is 101 Å². The third kappa shape index (κ3) is 4.22. The van der Waals surface area contributed by atoms with Crippen molar-refractivity contribution in [2.45, 2.75) is 79.2 Å². The largest absolute Gasteiger partial charge is 0.373 e. The van der Waals surface area contributed by atoms with Crippen molar-refractivity contribution >= 4 is 16.5 Å². The van der Waals surface area contributed by atoms with Gasteiger partial charge in [0.05, 0.1) is 5.69 Å². The summed E-state index contributed by atoms with van der Waals surface area (Å²) in [6.45, 7) is 20.7. The molecule has 31 heavy (non-hydrogen) atoms. The highest BCUT2D eigenvalue weighted by Crippen LogP contribution is 2.40. The first-order chi connectivity index (χ1) is 14.8. The maximum atomic E-state index is 3.83. The first-order valence-electron chi connectivity index (χ1n) is 12.3. The van der Waals surface area contributed by atoms with Gasteiger partial charge in [0.25, 0.3) is 0 Å². The monoisotopic (exact) mass is 419 g/mol. The van der Waals surface area contributed by atoms with Crippen molar-refractivity contribution in [1.29, 1.82) is 0 Å². The summed E-state index contributed by atoms with van der Waals surface area (Å²) in [5.74, 6) is 1.17. The summed E-state index contributed by atoms with van der Waals surface area (Å²) in [5.41, 5.74) is 9.89. The highest BCUT2D eigenvalue weighted by Gasteiger charge is 2.25. The SMILES string of the molecule is CCN1C=C(c2[nH]c3ccc(C4CCN(C(C)C)CC4)cc3c2C(C)C)C(C)=C(C)C1. The van der Waals surface area contributed by atoms with Crippen molar-refractivity contribution in [3.05, 3.63) is 52.4 Å². The van der Waals surface area contributed by atoms with Crippen LogP contribution in [0.3, 0.4) is 0 Å². The van der Waals surface area contributed by atoms with Crippen LogP contribution >= 0.6 is 0 Å². The lowest BCUT2D eigenvalue weighted by molar-refractivity contribution is 0.172. The molecule has 1 fully saturated rings. The first-order valence-corrected chi connectivity index (χ1v) is 12.3. The van der Waals surface area contributed by atoms with E-state index in [-0.39, 0.29) is 0 Å². The molecule has 4 rings (SSSR count). The molecule has 168 valence electrons. The van der Waals surface area contributed by atoms with Gasteiger partial charge in [-0.25, -0.2) is 0 Å². The van der Waals surface area contributed by atoms with E-state index in [1.54, 1.807) is 0 Å². The smallest absolute Gasteiger partial charge is 0.0517 e. The fraction of sp³-hybridized carbons (Fsp3) is 0.571. The molecule has 2 aliphatic heterocycles. The first kappa shape index (κ1) is 22.2. The van der Waals surface area contributed by atoms with Crippen molar-refractivity contribution in [2.75, 3.05) is 26.2 Å². The van der Waals surface area contributed by atoms with Crippen molar-refractivity contribution in [2.24, 2.45) is 0 Å². The number of H-pyrrole nitrogens is 1. The zero-order valence-electron chi connectivity index (χ0n) is 20.7. The van der Waals surface area contributed by atoms with Gasteiger partial charge in [-0.3, -0.25) is 0 Å². The second-order valence-corrected chi connectivity index (χ2v) is 10.3. The van der Waals surface area contributed by atoms with E-state index in [9.17, 15) is 0 Å². The molecule has 0 aliphatic carbocycles. The summed E-state index contributed by atoms with van der Waals surface area (Å²) in [5, 5.41) is 1.42. The molecule has 0 bridgehead atoms. The van der Waals surface area contributed by atoms with Crippen LogP contribution in [0.25, 0.3) is 16.5 Å². The van der Waals surface area contributed by atoms with Crippen LogP contribution in [0.1, 0.15) is 90.0 Å². The van der Waals surface area contributed by atoms with E-state index in [0.29, 0.717) is 17.9 Å². The molecule has 1 aromatic heterocycles.